The van der Waals surface area contributed by atoms with Crippen LogP contribution in [0.2, 0.25) is 0 Å². The molecule has 0 radical (unpaired) electrons. The summed E-state index contributed by atoms with van der Waals surface area (Å²) in [6, 6.07) is 11.2. The highest BCUT2D eigenvalue weighted by molar-refractivity contribution is 6.04. The van der Waals surface area contributed by atoms with Crippen molar-refractivity contribution in [1.82, 2.24) is 10.3 Å². The van der Waals surface area contributed by atoms with E-state index in [1.54, 1.807) is 12.1 Å². The Morgan fingerprint density at radius 2 is 1.70 bits per heavy atom. The maximum absolute atomic E-state index is 12.3. The summed E-state index contributed by atoms with van der Waals surface area (Å²) in [6.07, 6.45) is 0.242. The average molecular weight is 364 g/mol. The van der Waals surface area contributed by atoms with Gasteiger partial charge in [0, 0.05) is 28.6 Å². The Morgan fingerprint density at radius 1 is 1.00 bits per heavy atom. The van der Waals surface area contributed by atoms with Gasteiger partial charge in [0.15, 0.2) is 0 Å². The number of rotatable bonds is 6. The monoisotopic (exact) mass is 364 g/mol. The van der Waals surface area contributed by atoms with Crippen molar-refractivity contribution < 1.29 is 24.6 Å². The average Bonchev–Trinajstić information content (AvgIpc) is 2.99. The lowest BCUT2D eigenvalue weighted by Crippen LogP contribution is -2.31. The van der Waals surface area contributed by atoms with E-state index in [-0.39, 0.29) is 29.8 Å². The first kappa shape index (κ1) is 18.2. The molecule has 2 N–H and O–H groups in total. The van der Waals surface area contributed by atoms with Crippen molar-refractivity contribution in [3.63, 3.8) is 0 Å². The Hall–Kier alpha value is -3.61. The Labute approximate surface area is 154 Å². The maximum Gasteiger partial charge on any atom is 0.251 e. The third-order valence-electron chi connectivity index (χ3n) is 4.32. The highest BCUT2D eigenvalue weighted by atomic mass is 16.4. The van der Waals surface area contributed by atoms with E-state index in [1.807, 2.05) is 19.1 Å². The third kappa shape index (κ3) is 3.67. The van der Waals surface area contributed by atoms with Crippen molar-refractivity contribution in [2.45, 2.75) is 13.3 Å². The Balaban J connectivity index is 1.81. The predicted molar refractivity (Wildman–Crippen MR) is 94.2 cm³/mol. The molecule has 0 atom stereocenters. The van der Waals surface area contributed by atoms with Gasteiger partial charge in [-0.2, -0.15) is 0 Å². The van der Waals surface area contributed by atoms with Crippen molar-refractivity contribution >= 4 is 28.7 Å². The highest BCUT2D eigenvalue weighted by Crippen LogP contribution is 2.24. The number of hydrogen-bond donors (Lipinski definition) is 2. The van der Waals surface area contributed by atoms with Gasteiger partial charge in [-0.1, -0.05) is 29.8 Å². The number of carbonyl (C=O) groups excluding carboxylic acids is 3. The zero-order chi connectivity index (χ0) is 19.6. The van der Waals surface area contributed by atoms with Gasteiger partial charge in [-0.05, 0) is 37.1 Å². The van der Waals surface area contributed by atoms with Crippen molar-refractivity contribution in [1.29, 1.82) is 0 Å². The number of amides is 1. The molecule has 0 saturated carbocycles. The standard InChI is InChI=1S/C20H18N2O5/c1-11-6-7-16-15(10-11)12(17(22-16)20(26)27)8-9-21-18(23)13-4-2-3-5-14(13)19(24)25/h2-7,10,22H,8-9H2,1H3,(H,21,23)(H,24,25)(H,26,27)/p-2. The van der Waals surface area contributed by atoms with Gasteiger partial charge in [-0.3, -0.25) is 4.79 Å². The second-order valence-electron chi connectivity index (χ2n) is 6.15. The van der Waals surface area contributed by atoms with E-state index in [1.165, 1.54) is 18.2 Å². The van der Waals surface area contributed by atoms with Crippen molar-refractivity contribution in [2.24, 2.45) is 0 Å². The van der Waals surface area contributed by atoms with Crippen LogP contribution in [0, 0.1) is 6.92 Å². The minimum absolute atomic E-state index is 0.00704. The smallest absolute Gasteiger partial charge is 0.251 e. The molecule has 27 heavy (non-hydrogen) atoms. The van der Waals surface area contributed by atoms with Crippen molar-refractivity contribution in [3.8, 4) is 0 Å². The van der Waals surface area contributed by atoms with Crippen LogP contribution in [0.15, 0.2) is 42.5 Å². The van der Waals surface area contributed by atoms with Crippen LogP contribution in [0.1, 0.15) is 42.3 Å². The molecule has 0 unspecified atom stereocenters. The van der Waals surface area contributed by atoms with Gasteiger partial charge in [0.1, 0.15) is 0 Å². The fourth-order valence-corrected chi connectivity index (χ4v) is 3.05. The predicted octanol–water partition coefficient (Wildman–Crippen LogP) is 0.176. The van der Waals surface area contributed by atoms with Crippen LogP contribution in [0.4, 0.5) is 0 Å². The summed E-state index contributed by atoms with van der Waals surface area (Å²) in [5.41, 5.74) is 1.94. The molecule has 7 nitrogen and oxygen atoms in total. The molecule has 138 valence electrons. The summed E-state index contributed by atoms with van der Waals surface area (Å²) in [5.74, 6) is -3.33. The van der Waals surface area contributed by atoms with Gasteiger partial charge in [0.25, 0.3) is 5.91 Å². The minimum atomic E-state index is -1.44. The molecule has 1 amide bonds. The summed E-state index contributed by atoms with van der Waals surface area (Å²) >= 11 is 0. The van der Waals surface area contributed by atoms with E-state index in [4.69, 9.17) is 0 Å². The molecule has 3 rings (SSSR count). The van der Waals surface area contributed by atoms with Gasteiger partial charge in [-0.25, -0.2) is 0 Å². The number of benzene rings is 2. The van der Waals surface area contributed by atoms with Gasteiger partial charge in [-0.15, -0.1) is 0 Å². The van der Waals surface area contributed by atoms with Gasteiger partial charge in [0.2, 0.25) is 0 Å². The normalized spacial score (nSPS) is 10.7. The molecule has 0 aliphatic rings. The molecule has 0 saturated heterocycles. The Morgan fingerprint density at radius 3 is 2.37 bits per heavy atom. The molecular weight excluding hydrogens is 348 g/mol. The lowest BCUT2D eigenvalue weighted by Gasteiger charge is -2.11. The maximum atomic E-state index is 12.3. The van der Waals surface area contributed by atoms with Gasteiger partial charge < -0.3 is 30.1 Å². The summed E-state index contributed by atoms with van der Waals surface area (Å²) < 4.78 is 0. The largest absolute Gasteiger partial charge is 0.545 e. The van der Waals surface area contributed by atoms with Crippen LogP contribution >= 0.6 is 0 Å². The van der Waals surface area contributed by atoms with E-state index >= 15 is 0 Å². The first-order valence-electron chi connectivity index (χ1n) is 8.29. The number of aromatic nitrogens is 1. The number of carboxylic acid groups (broad SMARTS) is 2. The van der Waals surface area contributed by atoms with Crippen LogP contribution in [0.3, 0.4) is 0 Å². The molecule has 0 aliphatic carbocycles. The molecular formula is C20H16N2O5-2. The number of hydrogen-bond acceptors (Lipinski definition) is 5. The summed E-state index contributed by atoms with van der Waals surface area (Å²) in [4.78, 5) is 37.7. The number of aromatic carboxylic acids is 2. The van der Waals surface area contributed by atoms with Crippen molar-refractivity contribution in [2.75, 3.05) is 6.54 Å². The molecule has 7 heteroatoms. The molecule has 0 fully saturated rings. The van der Waals surface area contributed by atoms with Gasteiger partial charge in [0.05, 0.1) is 17.6 Å². The highest BCUT2D eigenvalue weighted by Gasteiger charge is 2.14. The molecule has 2 aromatic carbocycles. The first-order valence-corrected chi connectivity index (χ1v) is 8.29. The van der Waals surface area contributed by atoms with Crippen LogP contribution in [0.5, 0.6) is 0 Å². The number of aromatic amines is 1. The summed E-state index contributed by atoms with van der Waals surface area (Å²) in [7, 11) is 0. The Bertz CT molecular complexity index is 1050. The number of aryl methyl sites for hydroxylation is 1. The molecule has 3 aromatic rings. The summed E-state index contributed by atoms with van der Waals surface area (Å²) in [5, 5.41) is 25.9. The number of fused-ring (bicyclic) bond motifs is 1. The molecule has 1 heterocycles. The Kier molecular flexibility index (Phi) is 4.94. The molecule has 0 aliphatic heterocycles. The SMILES string of the molecule is Cc1ccc2[nH]c(C(=O)[O-])c(CCNC(=O)c3ccccc3C(=O)[O-])c2c1. The second-order valence-corrected chi connectivity index (χ2v) is 6.15. The topological polar surface area (TPSA) is 125 Å². The van der Waals surface area contributed by atoms with Crippen LogP contribution in [-0.4, -0.2) is 29.4 Å². The first-order chi connectivity index (χ1) is 12.9. The third-order valence-corrected chi connectivity index (χ3v) is 4.32. The lowest BCUT2D eigenvalue weighted by atomic mass is 10.0. The summed E-state index contributed by atoms with van der Waals surface area (Å²) in [6.45, 7) is 2.02. The quantitative estimate of drug-likeness (QED) is 0.645. The van der Waals surface area contributed by atoms with E-state index in [0.717, 1.165) is 10.9 Å². The van der Waals surface area contributed by atoms with E-state index in [2.05, 4.69) is 10.3 Å². The lowest BCUT2D eigenvalue weighted by molar-refractivity contribution is -0.256. The minimum Gasteiger partial charge on any atom is -0.545 e. The van der Waals surface area contributed by atoms with E-state index < -0.39 is 17.8 Å². The molecule has 1 aromatic heterocycles. The molecule has 0 bridgehead atoms. The van der Waals surface area contributed by atoms with Crippen LogP contribution < -0.4 is 15.5 Å². The van der Waals surface area contributed by atoms with Gasteiger partial charge >= 0.3 is 0 Å². The number of H-pyrrole nitrogens is 1. The number of nitrogens with one attached hydrogen (secondary N) is 2. The second kappa shape index (κ2) is 7.33. The van der Waals surface area contributed by atoms with Crippen molar-refractivity contribution in [3.05, 3.63) is 70.4 Å². The zero-order valence-corrected chi connectivity index (χ0v) is 14.5. The fraction of sp³-hybridized carbons (Fsp3) is 0.150. The number of carboxylic acids is 2. The van der Waals surface area contributed by atoms with Crippen LogP contribution in [0.25, 0.3) is 10.9 Å². The van der Waals surface area contributed by atoms with E-state index in [9.17, 15) is 24.6 Å². The number of carbonyl (C=O) groups is 3. The van der Waals surface area contributed by atoms with Crippen LogP contribution in [-0.2, 0) is 6.42 Å². The fourth-order valence-electron chi connectivity index (χ4n) is 3.05. The molecule has 0 spiro atoms. The van der Waals surface area contributed by atoms with E-state index in [0.29, 0.717) is 11.1 Å². The zero-order valence-electron chi connectivity index (χ0n) is 14.5.